The largest absolute Gasteiger partial charge is 0.387 e. The Morgan fingerprint density at radius 3 is 2.74 bits per heavy atom. The van der Waals surface area contributed by atoms with Crippen molar-refractivity contribution in [2.75, 3.05) is 0 Å². The van der Waals surface area contributed by atoms with E-state index in [4.69, 9.17) is 4.74 Å². The molecule has 0 amide bonds. The number of hydrogen-bond acceptors (Lipinski definition) is 4. The average Bonchev–Trinajstić information content (AvgIpc) is 2.61. The predicted molar refractivity (Wildman–Crippen MR) is 71.6 cm³/mol. The second-order valence-corrected chi connectivity index (χ2v) is 6.13. The monoisotopic (exact) mass is 266 g/mol. The summed E-state index contributed by atoms with van der Waals surface area (Å²) in [6.07, 6.45) is 0.516. The minimum atomic E-state index is -1.16. The normalized spacial score (nSPS) is 41.8. The molecule has 0 radical (unpaired) electrons. The van der Waals surface area contributed by atoms with Crippen LogP contribution in [0.15, 0.2) is 23.8 Å². The van der Waals surface area contributed by atoms with E-state index in [1.807, 2.05) is 13.8 Å². The molecule has 2 fully saturated rings. The number of aliphatic hydroxyl groups is 2. The average molecular weight is 266 g/mol. The van der Waals surface area contributed by atoms with Crippen molar-refractivity contribution in [3.8, 4) is 0 Å². The van der Waals surface area contributed by atoms with Crippen molar-refractivity contribution in [3.05, 3.63) is 23.8 Å². The minimum Gasteiger partial charge on any atom is -0.387 e. The molecule has 4 nitrogen and oxygen atoms in total. The van der Waals surface area contributed by atoms with E-state index < -0.39 is 23.9 Å². The van der Waals surface area contributed by atoms with Crippen molar-refractivity contribution in [3.63, 3.8) is 0 Å². The van der Waals surface area contributed by atoms with Crippen molar-refractivity contribution in [2.45, 2.75) is 57.5 Å². The van der Waals surface area contributed by atoms with Crippen LogP contribution in [0.4, 0.5) is 0 Å². The van der Waals surface area contributed by atoms with Crippen LogP contribution in [0.3, 0.4) is 0 Å². The second kappa shape index (κ2) is 4.85. The lowest BCUT2D eigenvalue weighted by atomic mass is 9.73. The highest BCUT2D eigenvalue weighted by molar-refractivity contribution is 5.96. The van der Waals surface area contributed by atoms with Gasteiger partial charge in [-0.3, -0.25) is 4.79 Å². The van der Waals surface area contributed by atoms with Crippen LogP contribution in [0, 0.1) is 5.92 Å². The quantitative estimate of drug-likeness (QED) is 0.585. The highest BCUT2D eigenvalue weighted by Crippen LogP contribution is 2.44. The van der Waals surface area contributed by atoms with Gasteiger partial charge < -0.3 is 14.9 Å². The van der Waals surface area contributed by atoms with Gasteiger partial charge in [0.05, 0.1) is 11.7 Å². The molecule has 4 heteroatoms. The molecule has 2 N–H and O–H groups in total. The Morgan fingerprint density at radius 2 is 2.16 bits per heavy atom. The molecule has 0 aromatic heterocycles. The van der Waals surface area contributed by atoms with Crippen LogP contribution in [0.25, 0.3) is 0 Å². The van der Waals surface area contributed by atoms with E-state index >= 15 is 0 Å². The molecule has 2 unspecified atom stereocenters. The molecular weight excluding hydrogens is 244 g/mol. The summed E-state index contributed by atoms with van der Waals surface area (Å²) >= 11 is 0. The van der Waals surface area contributed by atoms with E-state index in [9.17, 15) is 15.0 Å². The van der Waals surface area contributed by atoms with Crippen LogP contribution in [0.1, 0.15) is 33.6 Å². The van der Waals surface area contributed by atoms with Crippen LogP contribution in [0.2, 0.25) is 0 Å². The van der Waals surface area contributed by atoms with Gasteiger partial charge in [0.15, 0.2) is 5.78 Å². The van der Waals surface area contributed by atoms with Gasteiger partial charge in [0, 0.05) is 5.92 Å². The third-order valence-electron chi connectivity index (χ3n) is 4.10. The number of allylic oxidation sites excluding steroid dienone is 1. The number of carbonyl (C=O) groups is 1. The molecule has 1 heterocycles. The number of ether oxygens (including phenoxy) is 1. The maximum atomic E-state index is 12.1. The molecule has 0 aromatic carbocycles. The second-order valence-electron chi connectivity index (χ2n) is 6.13. The lowest BCUT2D eigenvalue weighted by Crippen LogP contribution is -2.53. The Labute approximate surface area is 113 Å². The highest BCUT2D eigenvalue weighted by Gasteiger charge is 2.52. The van der Waals surface area contributed by atoms with Crippen LogP contribution in [-0.2, 0) is 9.53 Å². The third-order valence-corrected chi connectivity index (χ3v) is 4.10. The van der Waals surface area contributed by atoms with Crippen LogP contribution < -0.4 is 0 Å². The summed E-state index contributed by atoms with van der Waals surface area (Å²) in [4.78, 5) is 12.1. The first-order valence-electron chi connectivity index (χ1n) is 6.67. The minimum absolute atomic E-state index is 0.0465. The van der Waals surface area contributed by atoms with Crippen LogP contribution in [0.5, 0.6) is 0 Å². The van der Waals surface area contributed by atoms with E-state index in [2.05, 4.69) is 6.58 Å². The molecule has 106 valence electrons. The molecule has 0 spiro atoms. The Bertz CT molecular complexity index is 431. The smallest absolute Gasteiger partial charge is 0.188 e. The van der Waals surface area contributed by atoms with Crippen molar-refractivity contribution in [1.29, 1.82) is 0 Å². The van der Waals surface area contributed by atoms with Crippen molar-refractivity contribution >= 4 is 5.78 Å². The Hall–Kier alpha value is -0.970. The molecular formula is C15H22O4. The number of rotatable bonds is 2. The van der Waals surface area contributed by atoms with Gasteiger partial charge >= 0.3 is 0 Å². The topological polar surface area (TPSA) is 66.8 Å². The zero-order valence-corrected chi connectivity index (χ0v) is 11.7. The predicted octanol–water partition coefficient (Wildman–Crippen LogP) is 1.37. The van der Waals surface area contributed by atoms with E-state index in [1.54, 1.807) is 6.92 Å². The first-order valence-corrected chi connectivity index (χ1v) is 6.67. The number of ketones is 1. The number of fused-ring (bicyclic) bond motifs is 1. The lowest BCUT2D eigenvalue weighted by Gasteiger charge is -2.40. The zero-order chi connectivity index (χ0) is 14.4. The molecule has 1 aliphatic heterocycles. The van der Waals surface area contributed by atoms with Gasteiger partial charge in [-0.15, -0.1) is 0 Å². The molecule has 0 bridgehead atoms. The van der Waals surface area contributed by atoms with Crippen molar-refractivity contribution in [2.24, 2.45) is 5.92 Å². The fourth-order valence-electron chi connectivity index (χ4n) is 2.95. The molecule has 2 aliphatic rings. The van der Waals surface area contributed by atoms with Gasteiger partial charge in [0.1, 0.15) is 12.2 Å². The van der Waals surface area contributed by atoms with Gasteiger partial charge in [-0.05, 0) is 45.3 Å². The molecule has 1 saturated carbocycles. The van der Waals surface area contributed by atoms with Gasteiger partial charge in [0.25, 0.3) is 0 Å². The lowest BCUT2D eigenvalue weighted by molar-refractivity contribution is -0.164. The maximum Gasteiger partial charge on any atom is 0.188 e. The number of carbonyl (C=O) groups excluding carboxylic acids is 1. The first-order chi connectivity index (χ1) is 8.74. The maximum absolute atomic E-state index is 12.1. The third kappa shape index (κ3) is 2.53. The Balaban J connectivity index is 2.20. The van der Waals surface area contributed by atoms with E-state index in [-0.39, 0.29) is 11.7 Å². The Kier molecular flexibility index (Phi) is 3.69. The summed E-state index contributed by atoms with van der Waals surface area (Å²) in [5, 5.41) is 20.3. The standard InChI is InChI=1S/C15H22O4/c1-8(2)7-11(16)12-9(3)10-5-6-15(4,18)14(17)13(10)19-12/h7,10,12-14,17-18H,3,5-6H2,1-2,4H3/t10?,12-,13?,14+,15-/m0/s1. The van der Waals surface area contributed by atoms with E-state index in [0.29, 0.717) is 12.8 Å². The Morgan fingerprint density at radius 1 is 1.53 bits per heavy atom. The fourth-order valence-corrected chi connectivity index (χ4v) is 2.95. The number of aliphatic hydroxyl groups excluding tert-OH is 1. The molecule has 5 atom stereocenters. The molecule has 2 rings (SSSR count). The van der Waals surface area contributed by atoms with Gasteiger partial charge in [0.2, 0.25) is 0 Å². The van der Waals surface area contributed by atoms with Crippen LogP contribution >= 0.6 is 0 Å². The van der Waals surface area contributed by atoms with Gasteiger partial charge in [-0.25, -0.2) is 0 Å². The molecule has 19 heavy (non-hydrogen) atoms. The summed E-state index contributed by atoms with van der Waals surface area (Å²) in [6, 6.07) is 0. The zero-order valence-electron chi connectivity index (χ0n) is 11.7. The van der Waals surface area contributed by atoms with E-state index in [1.165, 1.54) is 6.08 Å². The summed E-state index contributed by atoms with van der Waals surface area (Å²) in [5.41, 5.74) is 0.474. The van der Waals surface area contributed by atoms with E-state index in [0.717, 1.165) is 11.1 Å². The SMILES string of the molecule is C=C1C2CC[C@](C)(O)[C@H](O)C2O[C@@H]1C(=O)C=C(C)C. The first kappa shape index (κ1) is 14.4. The summed E-state index contributed by atoms with van der Waals surface area (Å²) in [6.45, 7) is 9.26. The van der Waals surface area contributed by atoms with Crippen molar-refractivity contribution in [1.82, 2.24) is 0 Å². The van der Waals surface area contributed by atoms with Crippen LogP contribution in [-0.4, -0.2) is 39.9 Å². The van der Waals surface area contributed by atoms with Gasteiger partial charge in [-0.1, -0.05) is 12.2 Å². The molecule has 0 aromatic rings. The fraction of sp³-hybridized carbons (Fsp3) is 0.667. The number of hydrogen-bond donors (Lipinski definition) is 2. The molecule has 1 saturated heterocycles. The summed E-state index contributed by atoms with van der Waals surface area (Å²) in [7, 11) is 0. The highest BCUT2D eigenvalue weighted by atomic mass is 16.5. The van der Waals surface area contributed by atoms with Crippen molar-refractivity contribution < 1.29 is 19.7 Å². The summed E-state index contributed by atoms with van der Waals surface area (Å²) in [5.74, 6) is -0.180. The van der Waals surface area contributed by atoms with Gasteiger partial charge in [-0.2, -0.15) is 0 Å². The molecule has 1 aliphatic carbocycles. The summed E-state index contributed by atoms with van der Waals surface area (Å²) < 4.78 is 5.68.